The SMILES string of the molecule is CC(C)(C)OC(=O)CN[C@@H](c1ccc(Nc2nn([C@H]3COCC[C@@H]3C#N)c3cc[nH]c(=O)c23)cc1)C(F)(F)F. The highest BCUT2D eigenvalue weighted by Crippen LogP contribution is 2.35. The van der Waals surface area contributed by atoms with Crippen LogP contribution in [0.2, 0.25) is 0 Å². The molecule has 0 unspecified atom stereocenters. The summed E-state index contributed by atoms with van der Waals surface area (Å²) < 4.78 is 53.6. The molecule has 2 aromatic heterocycles. The summed E-state index contributed by atoms with van der Waals surface area (Å²) in [6.07, 6.45) is -2.66. The van der Waals surface area contributed by atoms with Gasteiger partial charge in [0.25, 0.3) is 5.56 Å². The van der Waals surface area contributed by atoms with Gasteiger partial charge in [0.1, 0.15) is 17.0 Å². The number of nitrogens with one attached hydrogen (secondary N) is 3. The average molecular weight is 547 g/mol. The van der Waals surface area contributed by atoms with Crippen LogP contribution >= 0.6 is 0 Å². The highest BCUT2D eigenvalue weighted by Gasteiger charge is 2.41. The van der Waals surface area contributed by atoms with Crippen molar-refractivity contribution in [3.05, 3.63) is 52.4 Å². The van der Waals surface area contributed by atoms with Crippen molar-refractivity contribution in [3.63, 3.8) is 0 Å². The zero-order valence-corrected chi connectivity index (χ0v) is 21.6. The number of nitrogens with zero attached hydrogens (tertiary/aromatic N) is 3. The molecule has 0 aliphatic carbocycles. The molecule has 0 spiro atoms. The Hall–Kier alpha value is -3.89. The molecule has 1 saturated heterocycles. The Morgan fingerprint density at radius 3 is 2.64 bits per heavy atom. The van der Waals surface area contributed by atoms with Crippen LogP contribution in [-0.4, -0.2) is 52.3 Å². The summed E-state index contributed by atoms with van der Waals surface area (Å²) in [5.74, 6) is -0.970. The van der Waals surface area contributed by atoms with Crippen molar-refractivity contribution in [2.45, 2.75) is 51.1 Å². The van der Waals surface area contributed by atoms with Crippen LogP contribution in [0.3, 0.4) is 0 Å². The molecule has 4 rings (SSSR count). The number of nitriles is 1. The first-order valence-electron chi connectivity index (χ1n) is 12.3. The molecule has 0 saturated carbocycles. The maximum absolute atomic E-state index is 13.8. The van der Waals surface area contributed by atoms with Crippen molar-refractivity contribution < 1.29 is 27.4 Å². The first-order chi connectivity index (χ1) is 18.4. The Morgan fingerprint density at radius 2 is 2.00 bits per heavy atom. The predicted molar refractivity (Wildman–Crippen MR) is 136 cm³/mol. The van der Waals surface area contributed by atoms with Crippen molar-refractivity contribution in [2.24, 2.45) is 5.92 Å². The number of hydrogen-bond acceptors (Lipinski definition) is 8. The fourth-order valence-electron chi connectivity index (χ4n) is 4.44. The van der Waals surface area contributed by atoms with E-state index in [0.717, 1.165) is 0 Å². The van der Waals surface area contributed by atoms with E-state index in [2.05, 4.69) is 26.8 Å². The Kier molecular flexibility index (Phi) is 7.99. The third-order valence-corrected chi connectivity index (χ3v) is 6.14. The van der Waals surface area contributed by atoms with Crippen LogP contribution in [0.4, 0.5) is 24.7 Å². The van der Waals surface area contributed by atoms with E-state index in [1.165, 1.54) is 30.5 Å². The maximum Gasteiger partial charge on any atom is 0.407 e. The minimum Gasteiger partial charge on any atom is -0.459 e. The molecule has 0 radical (unpaired) electrons. The van der Waals surface area contributed by atoms with Crippen molar-refractivity contribution in [3.8, 4) is 6.07 Å². The molecule has 1 aliphatic heterocycles. The zero-order chi connectivity index (χ0) is 28.4. The fourth-order valence-corrected chi connectivity index (χ4v) is 4.44. The van der Waals surface area contributed by atoms with Crippen LogP contribution in [0.25, 0.3) is 10.9 Å². The number of alkyl halides is 3. The van der Waals surface area contributed by atoms with Gasteiger partial charge in [0, 0.05) is 18.5 Å². The third kappa shape index (κ3) is 6.58. The number of pyridine rings is 1. The molecular formula is C26H29F3N6O4. The van der Waals surface area contributed by atoms with E-state index in [4.69, 9.17) is 9.47 Å². The second kappa shape index (κ2) is 11.1. The number of fused-ring (bicyclic) bond motifs is 1. The lowest BCUT2D eigenvalue weighted by molar-refractivity contribution is -0.164. The molecule has 1 aromatic carbocycles. The summed E-state index contributed by atoms with van der Waals surface area (Å²) in [5, 5.41) is 19.6. The van der Waals surface area contributed by atoms with Gasteiger partial charge in [-0.15, -0.1) is 0 Å². The Labute approximate surface area is 222 Å². The van der Waals surface area contributed by atoms with Gasteiger partial charge in [-0.1, -0.05) is 12.1 Å². The lowest BCUT2D eigenvalue weighted by Crippen LogP contribution is -2.39. The van der Waals surface area contributed by atoms with Gasteiger partial charge in [0.15, 0.2) is 5.82 Å². The number of carbonyl (C=O) groups is 1. The molecule has 13 heteroatoms. The number of aromatic amines is 1. The fraction of sp³-hybridized carbons (Fsp3) is 0.462. The van der Waals surface area contributed by atoms with Gasteiger partial charge in [0.05, 0.1) is 36.7 Å². The first-order valence-corrected chi connectivity index (χ1v) is 12.3. The number of aromatic nitrogens is 3. The molecule has 3 atom stereocenters. The largest absolute Gasteiger partial charge is 0.459 e. The van der Waals surface area contributed by atoms with Gasteiger partial charge < -0.3 is 19.8 Å². The van der Waals surface area contributed by atoms with Crippen LogP contribution in [0.5, 0.6) is 0 Å². The Morgan fingerprint density at radius 1 is 1.28 bits per heavy atom. The number of carbonyl (C=O) groups excluding carboxylic acids is 1. The van der Waals surface area contributed by atoms with E-state index in [1.54, 1.807) is 31.5 Å². The van der Waals surface area contributed by atoms with Gasteiger partial charge in [0.2, 0.25) is 0 Å². The quantitative estimate of drug-likeness (QED) is 0.377. The Balaban J connectivity index is 1.58. The molecule has 1 fully saturated rings. The second-order valence-electron chi connectivity index (χ2n) is 10.2. The van der Waals surface area contributed by atoms with E-state index in [9.17, 15) is 28.0 Å². The standard InChI is InChI=1S/C26H29F3N6O4/c1-25(2,3)39-20(36)13-32-22(26(27,28)29)15-4-6-17(7-5-15)33-23-21-18(8-10-31-24(21)37)35(34-23)19-14-38-11-9-16(19)12-30/h4-8,10,16,19,22,32H,9,11,13-14H2,1-3H3,(H,31,37)(H,33,34)/t16-,19+,22+/m1/s1. The van der Waals surface area contributed by atoms with Crippen LogP contribution in [0, 0.1) is 17.2 Å². The summed E-state index contributed by atoms with van der Waals surface area (Å²) in [6, 6.07) is 6.83. The third-order valence-electron chi connectivity index (χ3n) is 6.14. The number of rotatable bonds is 7. The summed E-state index contributed by atoms with van der Waals surface area (Å²) in [6.45, 7) is 4.97. The highest BCUT2D eigenvalue weighted by atomic mass is 19.4. The minimum absolute atomic E-state index is 0.110. The van der Waals surface area contributed by atoms with E-state index in [0.29, 0.717) is 24.2 Å². The lowest BCUT2D eigenvalue weighted by Gasteiger charge is -2.27. The average Bonchev–Trinajstić information content (AvgIpc) is 3.22. The van der Waals surface area contributed by atoms with Gasteiger partial charge >= 0.3 is 12.1 Å². The molecule has 39 heavy (non-hydrogen) atoms. The van der Waals surface area contributed by atoms with E-state index in [-0.39, 0.29) is 29.3 Å². The number of hydrogen-bond donors (Lipinski definition) is 3. The van der Waals surface area contributed by atoms with Gasteiger partial charge in [-0.05, 0) is 51.0 Å². The monoisotopic (exact) mass is 546 g/mol. The Bertz CT molecular complexity index is 1420. The van der Waals surface area contributed by atoms with Crippen molar-refractivity contribution >= 4 is 28.4 Å². The van der Waals surface area contributed by atoms with Gasteiger partial charge in [-0.3, -0.25) is 19.6 Å². The topological polar surface area (TPSA) is 134 Å². The number of anilines is 2. The second-order valence-corrected chi connectivity index (χ2v) is 10.2. The summed E-state index contributed by atoms with van der Waals surface area (Å²) >= 11 is 0. The number of H-pyrrole nitrogens is 1. The molecule has 208 valence electrons. The smallest absolute Gasteiger partial charge is 0.407 e. The van der Waals surface area contributed by atoms with E-state index in [1.807, 2.05) is 0 Å². The number of halogens is 3. The molecule has 3 aromatic rings. The lowest BCUT2D eigenvalue weighted by atomic mass is 9.96. The van der Waals surface area contributed by atoms with Crippen LogP contribution in [-0.2, 0) is 14.3 Å². The molecule has 1 aliphatic rings. The molecule has 3 heterocycles. The zero-order valence-electron chi connectivity index (χ0n) is 21.6. The van der Waals surface area contributed by atoms with Gasteiger partial charge in [-0.2, -0.15) is 23.5 Å². The first kappa shape index (κ1) is 28.1. The number of benzene rings is 1. The van der Waals surface area contributed by atoms with Gasteiger partial charge in [-0.25, -0.2) is 0 Å². The van der Waals surface area contributed by atoms with E-state index < -0.39 is 41.9 Å². The van der Waals surface area contributed by atoms with Crippen LogP contribution in [0.15, 0.2) is 41.3 Å². The molecular weight excluding hydrogens is 517 g/mol. The predicted octanol–water partition coefficient (Wildman–Crippen LogP) is 4.10. The minimum atomic E-state index is -4.67. The van der Waals surface area contributed by atoms with E-state index >= 15 is 0 Å². The molecule has 0 amide bonds. The van der Waals surface area contributed by atoms with Crippen LogP contribution < -0.4 is 16.2 Å². The summed E-state index contributed by atoms with van der Waals surface area (Å²) in [4.78, 5) is 27.2. The molecule has 3 N–H and O–H groups in total. The number of ether oxygens (including phenoxy) is 2. The van der Waals surface area contributed by atoms with Crippen molar-refractivity contribution in [1.29, 1.82) is 5.26 Å². The maximum atomic E-state index is 13.8. The molecule has 10 nitrogen and oxygen atoms in total. The van der Waals surface area contributed by atoms with Crippen LogP contribution in [0.1, 0.15) is 44.8 Å². The molecule has 0 bridgehead atoms. The highest BCUT2D eigenvalue weighted by molar-refractivity contribution is 5.91. The van der Waals surface area contributed by atoms with Crippen molar-refractivity contribution in [2.75, 3.05) is 25.1 Å². The summed E-state index contributed by atoms with van der Waals surface area (Å²) in [7, 11) is 0. The number of esters is 1. The normalized spacial score (nSPS) is 18.9. The van der Waals surface area contributed by atoms with Crippen molar-refractivity contribution in [1.82, 2.24) is 20.1 Å². The summed E-state index contributed by atoms with van der Waals surface area (Å²) in [5.41, 5.74) is -0.457.